The third-order valence-corrected chi connectivity index (χ3v) is 6.63. The summed E-state index contributed by atoms with van der Waals surface area (Å²) >= 11 is 0. The van der Waals surface area contributed by atoms with Crippen LogP contribution in [0.1, 0.15) is 60.2 Å². The molecule has 1 aliphatic heterocycles. The van der Waals surface area contributed by atoms with E-state index < -0.39 is 11.6 Å². The van der Waals surface area contributed by atoms with Gasteiger partial charge in [-0.05, 0) is 49.6 Å². The fourth-order valence-electron chi connectivity index (χ4n) is 5.19. The Labute approximate surface area is 196 Å². The highest BCUT2D eigenvalue weighted by atomic mass is 19.1. The number of hydrogen-bond donors (Lipinski definition) is 0. The maximum Gasteiger partial charge on any atom is 0.254 e. The lowest BCUT2D eigenvalue weighted by Gasteiger charge is -2.41. The van der Waals surface area contributed by atoms with Gasteiger partial charge in [0.15, 0.2) is 11.5 Å². The van der Waals surface area contributed by atoms with Gasteiger partial charge >= 0.3 is 0 Å². The molecule has 2 aromatic heterocycles. The molecule has 4 aromatic rings. The van der Waals surface area contributed by atoms with E-state index in [0.717, 1.165) is 23.7 Å². The van der Waals surface area contributed by atoms with Gasteiger partial charge in [-0.2, -0.15) is 5.10 Å². The van der Waals surface area contributed by atoms with Crippen LogP contribution < -0.4 is 0 Å². The number of nitrogens with zero attached hydrogens (tertiary/aromatic N) is 4. The van der Waals surface area contributed by atoms with Gasteiger partial charge in [0.05, 0.1) is 17.4 Å². The number of benzene rings is 2. The van der Waals surface area contributed by atoms with Crippen LogP contribution in [-0.4, -0.2) is 31.6 Å². The molecule has 0 N–H and O–H groups in total. The van der Waals surface area contributed by atoms with Crippen molar-refractivity contribution in [2.75, 3.05) is 0 Å². The molecular weight excluding hydrogens is 438 g/mol. The minimum absolute atomic E-state index is 0.0848. The Hall–Kier alpha value is -3.55. The first-order valence-corrected chi connectivity index (χ1v) is 11.5. The van der Waals surface area contributed by atoms with E-state index in [0.29, 0.717) is 46.7 Å². The van der Waals surface area contributed by atoms with Crippen molar-refractivity contribution in [1.29, 1.82) is 0 Å². The number of carbonyl (C=O) groups is 1. The number of hydrogen-bond acceptors (Lipinski definition) is 4. The van der Waals surface area contributed by atoms with Gasteiger partial charge in [0.2, 0.25) is 0 Å². The van der Waals surface area contributed by atoms with Crippen molar-refractivity contribution in [3.63, 3.8) is 0 Å². The lowest BCUT2D eigenvalue weighted by atomic mass is 9.87. The van der Waals surface area contributed by atoms with Gasteiger partial charge in [-0.1, -0.05) is 13.8 Å². The quantitative estimate of drug-likeness (QED) is 0.386. The number of rotatable bonds is 4. The SMILES string of the molecule is CCC1Cc2c(nn(C)c2-c2cc(F)cc(F)c2)C(CC)N1C(=O)c1ccc2nc(C)oc2c1. The highest BCUT2D eigenvalue weighted by Crippen LogP contribution is 2.41. The van der Waals surface area contributed by atoms with E-state index in [9.17, 15) is 13.6 Å². The molecule has 8 heteroatoms. The molecule has 2 aromatic carbocycles. The molecular formula is C26H26F2N4O2. The van der Waals surface area contributed by atoms with Crippen molar-refractivity contribution >= 4 is 17.0 Å². The lowest BCUT2D eigenvalue weighted by Crippen LogP contribution is -2.47. The average molecular weight is 465 g/mol. The summed E-state index contributed by atoms with van der Waals surface area (Å²) in [6, 6.07) is 8.50. The fraction of sp³-hybridized carbons (Fsp3) is 0.346. The van der Waals surface area contributed by atoms with Crippen LogP contribution in [0.15, 0.2) is 40.8 Å². The molecule has 34 heavy (non-hydrogen) atoms. The molecule has 0 aliphatic carbocycles. The molecule has 0 saturated heterocycles. The highest BCUT2D eigenvalue weighted by molar-refractivity contribution is 5.97. The summed E-state index contributed by atoms with van der Waals surface area (Å²) in [6.45, 7) is 5.84. The highest BCUT2D eigenvalue weighted by Gasteiger charge is 2.40. The van der Waals surface area contributed by atoms with Crippen LogP contribution in [0.2, 0.25) is 0 Å². The minimum atomic E-state index is -0.630. The number of amides is 1. The third-order valence-electron chi connectivity index (χ3n) is 6.63. The molecule has 2 atom stereocenters. The van der Waals surface area contributed by atoms with Crippen molar-refractivity contribution in [2.24, 2.45) is 7.05 Å². The first kappa shape index (κ1) is 22.3. The van der Waals surface area contributed by atoms with E-state index in [4.69, 9.17) is 9.52 Å². The van der Waals surface area contributed by atoms with Gasteiger partial charge in [-0.25, -0.2) is 13.8 Å². The fourth-order valence-corrected chi connectivity index (χ4v) is 5.19. The number of carbonyl (C=O) groups excluding carboxylic acids is 1. The van der Waals surface area contributed by atoms with Crippen molar-refractivity contribution in [2.45, 2.75) is 52.1 Å². The zero-order valence-electron chi connectivity index (χ0n) is 19.6. The molecule has 0 fully saturated rings. The van der Waals surface area contributed by atoms with Crippen molar-refractivity contribution in [3.8, 4) is 11.3 Å². The van der Waals surface area contributed by atoms with Crippen LogP contribution in [0.5, 0.6) is 0 Å². The number of fused-ring (bicyclic) bond motifs is 2. The Bertz CT molecular complexity index is 1390. The van der Waals surface area contributed by atoms with Crippen molar-refractivity contribution in [1.82, 2.24) is 19.7 Å². The van der Waals surface area contributed by atoms with E-state index in [1.165, 1.54) is 12.1 Å². The number of aryl methyl sites for hydroxylation is 2. The summed E-state index contributed by atoms with van der Waals surface area (Å²) in [5.74, 6) is -0.802. The standard InChI is InChI=1S/C26H26F2N4O2/c1-5-19-13-20-24(30-31(4)25(20)16-9-17(27)12-18(28)10-16)22(6-2)32(19)26(33)15-7-8-21-23(11-15)34-14(3)29-21/h7-12,19,22H,5-6,13H2,1-4H3. The summed E-state index contributed by atoms with van der Waals surface area (Å²) in [4.78, 5) is 20.0. The van der Waals surface area contributed by atoms with Crippen LogP contribution in [0.3, 0.4) is 0 Å². The molecule has 1 amide bonds. The van der Waals surface area contributed by atoms with Gasteiger partial charge in [-0.3, -0.25) is 9.48 Å². The lowest BCUT2D eigenvalue weighted by molar-refractivity contribution is 0.0513. The first-order valence-electron chi connectivity index (χ1n) is 11.5. The molecule has 176 valence electrons. The minimum Gasteiger partial charge on any atom is -0.441 e. The maximum atomic E-state index is 14.0. The molecule has 0 bridgehead atoms. The first-order chi connectivity index (χ1) is 16.3. The van der Waals surface area contributed by atoms with Crippen LogP contribution in [0, 0.1) is 18.6 Å². The summed E-state index contributed by atoms with van der Waals surface area (Å²) < 4.78 is 35.3. The maximum absolute atomic E-state index is 14.0. The Kier molecular flexibility index (Phi) is 5.46. The van der Waals surface area contributed by atoms with Crippen LogP contribution in [0.25, 0.3) is 22.4 Å². The van der Waals surface area contributed by atoms with Crippen LogP contribution in [-0.2, 0) is 13.5 Å². The molecule has 2 unspecified atom stereocenters. The smallest absolute Gasteiger partial charge is 0.254 e. The van der Waals surface area contributed by atoms with Gasteiger partial charge < -0.3 is 9.32 Å². The van der Waals surface area contributed by atoms with E-state index >= 15 is 0 Å². The molecule has 5 rings (SSSR count). The van der Waals surface area contributed by atoms with Crippen molar-refractivity contribution in [3.05, 3.63) is 70.7 Å². The topological polar surface area (TPSA) is 64.2 Å². The second-order valence-electron chi connectivity index (χ2n) is 8.81. The number of aromatic nitrogens is 3. The summed E-state index contributed by atoms with van der Waals surface area (Å²) in [5, 5.41) is 4.74. The number of oxazole rings is 1. The second kappa shape index (κ2) is 8.34. The molecule has 0 spiro atoms. The molecule has 1 aliphatic rings. The van der Waals surface area contributed by atoms with Crippen LogP contribution >= 0.6 is 0 Å². The van der Waals surface area contributed by atoms with Gasteiger partial charge in [0.1, 0.15) is 17.2 Å². The second-order valence-corrected chi connectivity index (χ2v) is 8.81. The summed E-state index contributed by atoms with van der Waals surface area (Å²) in [5.41, 5.74) is 4.68. The molecule has 6 nitrogen and oxygen atoms in total. The Balaban J connectivity index is 1.60. The predicted octanol–water partition coefficient (Wildman–Crippen LogP) is 5.74. The predicted molar refractivity (Wildman–Crippen MR) is 124 cm³/mol. The largest absolute Gasteiger partial charge is 0.441 e. The third kappa shape index (κ3) is 3.57. The van der Waals surface area contributed by atoms with Crippen molar-refractivity contribution < 1.29 is 18.0 Å². The van der Waals surface area contributed by atoms with Gasteiger partial charge in [0.25, 0.3) is 5.91 Å². The summed E-state index contributed by atoms with van der Waals surface area (Å²) in [6.07, 6.45) is 1.95. The van der Waals surface area contributed by atoms with Gasteiger partial charge in [-0.15, -0.1) is 0 Å². The zero-order valence-corrected chi connectivity index (χ0v) is 19.6. The zero-order chi connectivity index (χ0) is 24.1. The van der Waals surface area contributed by atoms with Gasteiger partial charge in [0, 0.05) is 42.8 Å². The monoisotopic (exact) mass is 464 g/mol. The molecule has 3 heterocycles. The molecule has 0 radical (unpaired) electrons. The van der Waals surface area contributed by atoms with E-state index in [1.807, 2.05) is 18.7 Å². The molecule has 0 saturated carbocycles. The Morgan fingerprint density at radius 2 is 1.85 bits per heavy atom. The average Bonchev–Trinajstić information content (AvgIpc) is 3.33. The normalized spacial score (nSPS) is 17.9. The van der Waals surface area contributed by atoms with Crippen LogP contribution in [0.4, 0.5) is 8.78 Å². The Morgan fingerprint density at radius 1 is 1.12 bits per heavy atom. The number of halogens is 2. The van der Waals surface area contributed by atoms with E-state index in [-0.39, 0.29) is 18.0 Å². The van der Waals surface area contributed by atoms with E-state index in [2.05, 4.69) is 4.98 Å². The Morgan fingerprint density at radius 3 is 2.53 bits per heavy atom. The summed E-state index contributed by atoms with van der Waals surface area (Å²) in [7, 11) is 1.77. The van der Waals surface area contributed by atoms with E-state index in [1.54, 1.807) is 36.9 Å².